The van der Waals surface area contributed by atoms with Crippen LogP contribution in [0.1, 0.15) is 11.1 Å². The molecule has 0 fully saturated rings. The molecule has 0 saturated carbocycles. The topological polar surface area (TPSA) is 0 Å². The summed E-state index contributed by atoms with van der Waals surface area (Å²) in [5, 5.41) is 2.18. The van der Waals surface area contributed by atoms with Crippen LogP contribution in [0.2, 0.25) is 0 Å². The number of fused-ring (bicyclic) bond motifs is 1. The maximum absolute atomic E-state index is 13.1. The molecule has 0 saturated heterocycles. The highest BCUT2D eigenvalue weighted by Gasteiger charge is 2.01. The first kappa shape index (κ1) is 16.1. The Morgan fingerprint density at radius 2 is 0.962 bits per heavy atom. The van der Waals surface area contributed by atoms with Gasteiger partial charge in [-0.3, -0.25) is 0 Å². The van der Waals surface area contributed by atoms with E-state index < -0.39 is 0 Å². The molecule has 26 heavy (non-hydrogen) atoms. The molecule has 0 atom stereocenters. The van der Waals surface area contributed by atoms with Gasteiger partial charge in [0.2, 0.25) is 0 Å². The average molecular weight is 340 g/mol. The third-order valence-corrected chi connectivity index (χ3v) is 4.21. The van der Waals surface area contributed by atoms with Crippen molar-refractivity contribution in [2.45, 2.75) is 0 Å². The summed E-state index contributed by atoms with van der Waals surface area (Å²) >= 11 is 0. The zero-order chi connectivity index (χ0) is 17.9. The molecule has 124 valence electrons. The van der Waals surface area contributed by atoms with E-state index in [-0.39, 0.29) is 11.6 Å². The Morgan fingerprint density at radius 3 is 1.69 bits per heavy atom. The molecule has 2 heteroatoms. The minimum absolute atomic E-state index is 0.237. The molecule has 4 rings (SSSR count). The van der Waals surface area contributed by atoms with E-state index in [4.69, 9.17) is 0 Å². The lowest BCUT2D eigenvalue weighted by Gasteiger charge is -2.05. The van der Waals surface area contributed by atoms with Crippen molar-refractivity contribution in [2.24, 2.45) is 0 Å². The van der Waals surface area contributed by atoms with Gasteiger partial charge >= 0.3 is 0 Å². The fourth-order valence-electron chi connectivity index (χ4n) is 2.82. The van der Waals surface area contributed by atoms with E-state index in [1.54, 1.807) is 24.3 Å². The summed E-state index contributed by atoms with van der Waals surface area (Å²) in [5.41, 5.74) is 3.70. The molecule has 0 aliphatic rings. The third kappa shape index (κ3) is 3.48. The van der Waals surface area contributed by atoms with Gasteiger partial charge in [-0.05, 0) is 76.5 Å². The molecular weight excluding hydrogens is 326 g/mol. The van der Waals surface area contributed by atoms with Gasteiger partial charge in [-0.25, -0.2) is 8.78 Å². The van der Waals surface area contributed by atoms with E-state index in [0.717, 1.165) is 33.0 Å². The molecule has 0 amide bonds. The van der Waals surface area contributed by atoms with Gasteiger partial charge in [0, 0.05) is 11.1 Å². The molecule has 0 aliphatic carbocycles. The Kier molecular flexibility index (Phi) is 4.21. The normalized spacial score (nSPS) is 10.4. The maximum atomic E-state index is 13.1. The Hall–Kier alpha value is -3.44. The van der Waals surface area contributed by atoms with Crippen LogP contribution < -0.4 is 0 Å². The van der Waals surface area contributed by atoms with E-state index in [2.05, 4.69) is 17.9 Å². The molecule has 0 bridgehead atoms. The van der Waals surface area contributed by atoms with Crippen molar-refractivity contribution < 1.29 is 8.78 Å². The molecule has 4 aromatic carbocycles. The van der Waals surface area contributed by atoms with Crippen molar-refractivity contribution in [1.29, 1.82) is 0 Å². The van der Waals surface area contributed by atoms with Crippen LogP contribution in [0.25, 0.3) is 21.9 Å². The van der Waals surface area contributed by atoms with Crippen molar-refractivity contribution in [3.05, 3.63) is 108 Å². The summed E-state index contributed by atoms with van der Waals surface area (Å²) < 4.78 is 26.0. The second-order valence-electron chi connectivity index (χ2n) is 6.04. The minimum atomic E-state index is -0.266. The largest absolute Gasteiger partial charge is 0.207 e. The van der Waals surface area contributed by atoms with Crippen molar-refractivity contribution in [1.82, 2.24) is 0 Å². The van der Waals surface area contributed by atoms with Gasteiger partial charge in [0.15, 0.2) is 0 Å². The minimum Gasteiger partial charge on any atom is -0.207 e. The Morgan fingerprint density at radius 1 is 0.462 bits per heavy atom. The third-order valence-electron chi connectivity index (χ3n) is 4.21. The lowest BCUT2D eigenvalue weighted by Crippen LogP contribution is -1.82. The quantitative estimate of drug-likeness (QED) is 0.363. The van der Waals surface area contributed by atoms with Crippen molar-refractivity contribution >= 4 is 10.8 Å². The molecule has 0 unspecified atom stereocenters. The molecular formula is C24H14F2. The predicted molar refractivity (Wildman–Crippen MR) is 102 cm³/mol. The predicted octanol–water partition coefficient (Wildman–Crippen LogP) is 6.18. The van der Waals surface area contributed by atoms with Gasteiger partial charge in [0.25, 0.3) is 0 Å². The van der Waals surface area contributed by atoms with Gasteiger partial charge in [-0.1, -0.05) is 42.2 Å². The molecule has 0 aromatic heterocycles. The second kappa shape index (κ2) is 6.82. The first-order valence-electron chi connectivity index (χ1n) is 8.25. The van der Waals surface area contributed by atoms with Crippen LogP contribution in [0, 0.1) is 23.5 Å². The van der Waals surface area contributed by atoms with Crippen LogP contribution in [0.3, 0.4) is 0 Å². The summed E-state index contributed by atoms with van der Waals surface area (Å²) in [7, 11) is 0. The molecule has 0 radical (unpaired) electrons. The lowest BCUT2D eigenvalue weighted by molar-refractivity contribution is 0.627. The number of rotatable bonds is 1. The van der Waals surface area contributed by atoms with Gasteiger partial charge in [0.1, 0.15) is 11.6 Å². The Labute approximate surface area is 150 Å². The molecule has 0 nitrogen and oxygen atoms in total. The van der Waals surface area contributed by atoms with E-state index >= 15 is 0 Å². The second-order valence-corrected chi connectivity index (χ2v) is 6.04. The zero-order valence-electron chi connectivity index (χ0n) is 13.8. The fourth-order valence-corrected chi connectivity index (χ4v) is 2.82. The molecule has 4 aromatic rings. The van der Waals surface area contributed by atoms with E-state index in [9.17, 15) is 8.78 Å². The van der Waals surface area contributed by atoms with Crippen LogP contribution in [0.15, 0.2) is 84.9 Å². The first-order valence-corrected chi connectivity index (χ1v) is 8.25. The van der Waals surface area contributed by atoms with Gasteiger partial charge in [-0.2, -0.15) is 0 Å². The van der Waals surface area contributed by atoms with Crippen molar-refractivity contribution in [3.8, 4) is 23.0 Å². The lowest BCUT2D eigenvalue weighted by atomic mass is 10.00. The van der Waals surface area contributed by atoms with Crippen LogP contribution in [-0.4, -0.2) is 0 Å². The smallest absolute Gasteiger partial charge is 0.123 e. The first-order chi connectivity index (χ1) is 12.7. The summed E-state index contributed by atoms with van der Waals surface area (Å²) in [6.45, 7) is 0. The van der Waals surface area contributed by atoms with Gasteiger partial charge < -0.3 is 0 Å². The Balaban J connectivity index is 1.65. The number of halogens is 2. The van der Waals surface area contributed by atoms with Crippen LogP contribution in [0.4, 0.5) is 8.78 Å². The molecule has 0 spiro atoms. The highest BCUT2D eigenvalue weighted by atomic mass is 19.1. The summed E-state index contributed by atoms with van der Waals surface area (Å²) in [6, 6.07) is 24.8. The highest BCUT2D eigenvalue weighted by Crippen LogP contribution is 2.25. The molecule has 0 N–H and O–H groups in total. The van der Waals surface area contributed by atoms with Crippen molar-refractivity contribution in [3.63, 3.8) is 0 Å². The highest BCUT2D eigenvalue weighted by molar-refractivity contribution is 5.88. The van der Waals surface area contributed by atoms with Gasteiger partial charge in [0.05, 0.1) is 0 Å². The summed E-state index contributed by atoms with van der Waals surface area (Å²) in [5.74, 6) is 5.65. The maximum Gasteiger partial charge on any atom is 0.123 e. The van der Waals surface area contributed by atoms with E-state index in [1.807, 2.05) is 30.3 Å². The van der Waals surface area contributed by atoms with E-state index in [1.165, 1.54) is 24.3 Å². The standard InChI is InChI=1S/C24H14F2/c25-23-11-4-17(5-12-23)1-2-18-3-6-22-16-21(8-7-20(22)15-18)19-9-13-24(26)14-10-19/h3-16H. The Bertz CT molecular complexity index is 1130. The SMILES string of the molecule is Fc1ccc(C#Cc2ccc3cc(-c4ccc(F)cc4)ccc3c2)cc1. The van der Waals surface area contributed by atoms with Crippen LogP contribution in [0.5, 0.6) is 0 Å². The number of hydrogen-bond donors (Lipinski definition) is 0. The summed E-state index contributed by atoms with van der Waals surface area (Å²) in [6.07, 6.45) is 0. The number of hydrogen-bond acceptors (Lipinski definition) is 0. The van der Waals surface area contributed by atoms with Crippen LogP contribution >= 0.6 is 0 Å². The summed E-state index contributed by atoms with van der Waals surface area (Å²) in [4.78, 5) is 0. The van der Waals surface area contributed by atoms with E-state index in [0.29, 0.717) is 0 Å². The van der Waals surface area contributed by atoms with Crippen molar-refractivity contribution in [2.75, 3.05) is 0 Å². The van der Waals surface area contributed by atoms with Crippen LogP contribution in [-0.2, 0) is 0 Å². The number of benzene rings is 4. The molecule has 0 aliphatic heterocycles. The average Bonchev–Trinajstić information content (AvgIpc) is 2.67. The fraction of sp³-hybridized carbons (Fsp3) is 0. The monoisotopic (exact) mass is 340 g/mol. The molecule has 0 heterocycles. The van der Waals surface area contributed by atoms with Gasteiger partial charge in [-0.15, -0.1) is 0 Å². The zero-order valence-corrected chi connectivity index (χ0v) is 13.8.